The number of hydrogen-bond acceptors (Lipinski definition) is 4. The van der Waals surface area contributed by atoms with Gasteiger partial charge < -0.3 is 15.4 Å². The number of guanidine groups is 1. The third-order valence-electron chi connectivity index (χ3n) is 3.95. The Kier molecular flexibility index (Phi) is 13.8. The van der Waals surface area contributed by atoms with Gasteiger partial charge in [-0.2, -0.15) is 0 Å². The molecule has 1 aromatic carbocycles. The van der Waals surface area contributed by atoms with Crippen molar-refractivity contribution in [1.82, 2.24) is 14.9 Å². The smallest absolute Gasteiger partial charge is 0.211 e. The molecule has 0 bridgehead atoms. The minimum atomic E-state index is -3.15. The molecule has 0 aliphatic rings. The first-order valence-corrected chi connectivity index (χ1v) is 11.3. The minimum absolute atomic E-state index is 0. The van der Waals surface area contributed by atoms with E-state index in [1.165, 1.54) is 10.6 Å². The molecular formula is C18H32ClIN4O3S. The van der Waals surface area contributed by atoms with E-state index in [0.717, 1.165) is 24.3 Å². The Balaban J connectivity index is 0.00000729. The molecule has 0 saturated carbocycles. The third-order valence-corrected chi connectivity index (χ3v) is 5.68. The first-order chi connectivity index (χ1) is 12.8. The van der Waals surface area contributed by atoms with E-state index in [2.05, 4.69) is 15.6 Å². The van der Waals surface area contributed by atoms with Crippen molar-refractivity contribution in [3.05, 3.63) is 28.8 Å². The number of aliphatic imine (C=N–C) groups is 1. The Morgan fingerprint density at radius 1 is 1.29 bits per heavy atom. The summed E-state index contributed by atoms with van der Waals surface area (Å²) >= 11 is 6.26. The zero-order valence-corrected chi connectivity index (χ0v) is 20.9. The Morgan fingerprint density at radius 2 is 2.00 bits per heavy atom. The largest absolute Gasteiger partial charge is 0.497 e. The molecule has 0 aliphatic heterocycles. The van der Waals surface area contributed by atoms with E-state index in [1.54, 1.807) is 13.2 Å². The van der Waals surface area contributed by atoms with E-state index in [1.807, 2.05) is 26.0 Å². The summed E-state index contributed by atoms with van der Waals surface area (Å²) in [5.74, 6) is 1.45. The number of ether oxygens (including phenoxy) is 1. The van der Waals surface area contributed by atoms with Gasteiger partial charge in [0.1, 0.15) is 5.75 Å². The number of benzene rings is 1. The summed E-state index contributed by atoms with van der Waals surface area (Å²) in [4.78, 5) is 4.50. The van der Waals surface area contributed by atoms with Crippen LogP contribution in [-0.4, -0.2) is 64.8 Å². The van der Waals surface area contributed by atoms with Gasteiger partial charge in [-0.25, -0.2) is 12.7 Å². The first-order valence-electron chi connectivity index (χ1n) is 9.11. The van der Waals surface area contributed by atoms with Crippen LogP contribution in [0.2, 0.25) is 5.02 Å². The molecule has 28 heavy (non-hydrogen) atoms. The van der Waals surface area contributed by atoms with Crippen LogP contribution < -0.4 is 15.4 Å². The van der Waals surface area contributed by atoms with Gasteiger partial charge in [-0.3, -0.25) is 4.99 Å². The topological polar surface area (TPSA) is 83.0 Å². The molecule has 10 heteroatoms. The van der Waals surface area contributed by atoms with Crippen LogP contribution in [0.15, 0.2) is 23.2 Å². The summed E-state index contributed by atoms with van der Waals surface area (Å²) in [6.07, 6.45) is 2.66. The second-order valence-electron chi connectivity index (χ2n) is 6.00. The van der Waals surface area contributed by atoms with Crippen molar-refractivity contribution in [2.75, 3.05) is 46.1 Å². The standard InChI is InChI=1S/C18H31ClN4O3S.HI/c1-5-20-18(21-11-7-13-23(6-2)27(4,24)25)22-12-10-15-8-9-16(26-3)14-17(15)19;/h8-9,14H,5-7,10-13H2,1-4H3,(H2,20,21,22);1H. The summed E-state index contributed by atoms with van der Waals surface area (Å²) < 4.78 is 29.8. The second kappa shape index (κ2) is 14.2. The molecule has 0 saturated heterocycles. The lowest BCUT2D eigenvalue weighted by Crippen LogP contribution is -2.38. The van der Waals surface area contributed by atoms with Crippen molar-refractivity contribution in [3.8, 4) is 5.75 Å². The highest BCUT2D eigenvalue weighted by Gasteiger charge is 2.13. The van der Waals surface area contributed by atoms with Crippen LogP contribution in [0.3, 0.4) is 0 Å². The van der Waals surface area contributed by atoms with E-state index in [-0.39, 0.29) is 24.0 Å². The Bertz CT molecular complexity index is 717. The molecule has 0 radical (unpaired) electrons. The molecule has 0 aromatic heterocycles. The number of nitrogens with zero attached hydrogens (tertiary/aromatic N) is 2. The van der Waals surface area contributed by atoms with Crippen LogP contribution in [0.4, 0.5) is 0 Å². The number of sulfonamides is 1. The molecule has 0 aliphatic carbocycles. The highest BCUT2D eigenvalue weighted by atomic mass is 127. The van der Waals surface area contributed by atoms with Crippen molar-refractivity contribution < 1.29 is 13.2 Å². The van der Waals surface area contributed by atoms with Crippen LogP contribution >= 0.6 is 35.6 Å². The molecule has 1 rings (SSSR count). The van der Waals surface area contributed by atoms with E-state index in [9.17, 15) is 8.42 Å². The van der Waals surface area contributed by atoms with Gasteiger partial charge in [-0.1, -0.05) is 24.6 Å². The van der Waals surface area contributed by atoms with Crippen molar-refractivity contribution in [2.24, 2.45) is 4.99 Å². The molecule has 1 aromatic rings. The van der Waals surface area contributed by atoms with E-state index >= 15 is 0 Å². The molecule has 0 spiro atoms. The summed E-state index contributed by atoms with van der Waals surface area (Å²) in [6, 6.07) is 5.65. The lowest BCUT2D eigenvalue weighted by Gasteiger charge is -2.17. The van der Waals surface area contributed by atoms with Crippen LogP contribution in [0.1, 0.15) is 25.8 Å². The Hall–Kier alpha value is -0.780. The van der Waals surface area contributed by atoms with Gasteiger partial charge in [0, 0.05) is 37.7 Å². The number of halogens is 2. The maximum Gasteiger partial charge on any atom is 0.211 e. The molecular weight excluding hydrogens is 515 g/mol. The van der Waals surface area contributed by atoms with Crippen LogP contribution in [0.25, 0.3) is 0 Å². The fourth-order valence-electron chi connectivity index (χ4n) is 2.51. The van der Waals surface area contributed by atoms with Crippen molar-refractivity contribution in [1.29, 1.82) is 0 Å². The van der Waals surface area contributed by atoms with E-state index in [4.69, 9.17) is 16.3 Å². The number of rotatable bonds is 11. The maximum atomic E-state index is 11.6. The maximum absolute atomic E-state index is 11.6. The fourth-order valence-corrected chi connectivity index (χ4v) is 3.71. The van der Waals surface area contributed by atoms with Gasteiger partial charge in [0.15, 0.2) is 5.96 Å². The lowest BCUT2D eigenvalue weighted by atomic mass is 10.1. The van der Waals surface area contributed by atoms with Crippen LogP contribution in [0, 0.1) is 0 Å². The molecule has 0 unspecified atom stereocenters. The summed E-state index contributed by atoms with van der Waals surface area (Å²) in [5.41, 5.74) is 1.03. The predicted octanol–water partition coefficient (Wildman–Crippen LogP) is 2.74. The average molecular weight is 547 g/mol. The highest BCUT2D eigenvalue weighted by Crippen LogP contribution is 2.22. The van der Waals surface area contributed by atoms with Crippen LogP contribution in [-0.2, 0) is 16.4 Å². The quantitative estimate of drug-likeness (QED) is 0.193. The molecule has 0 heterocycles. The fraction of sp³-hybridized carbons (Fsp3) is 0.611. The van der Waals surface area contributed by atoms with Crippen molar-refractivity contribution >= 4 is 51.6 Å². The molecule has 162 valence electrons. The summed E-state index contributed by atoms with van der Waals surface area (Å²) in [5, 5.41) is 7.14. The summed E-state index contributed by atoms with van der Waals surface area (Å²) in [7, 11) is -1.53. The molecule has 0 atom stereocenters. The predicted molar refractivity (Wildman–Crippen MR) is 128 cm³/mol. The Labute approximate surface area is 191 Å². The molecule has 7 nitrogen and oxygen atoms in total. The summed E-state index contributed by atoms with van der Waals surface area (Å²) in [6.45, 7) is 6.76. The second-order valence-corrected chi connectivity index (χ2v) is 8.39. The molecule has 2 N–H and O–H groups in total. The zero-order valence-electron chi connectivity index (χ0n) is 17.0. The van der Waals surface area contributed by atoms with Gasteiger partial charge >= 0.3 is 0 Å². The van der Waals surface area contributed by atoms with Gasteiger partial charge in [0.05, 0.1) is 13.4 Å². The van der Waals surface area contributed by atoms with Gasteiger partial charge in [0.25, 0.3) is 0 Å². The normalized spacial score (nSPS) is 11.9. The number of methoxy groups -OCH3 is 1. The minimum Gasteiger partial charge on any atom is -0.497 e. The molecule has 0 fully saturated rings. The van der Waals surface area contributed by atoms with E-state index < -0.39 is 10.0 Å². The monoisotopic (exact) mass is 546 g/mol. The third kappa shape index (κ3) is 10.1. The van der Waals surface area contributed by atoms with Crippen molar-refractivity contribution in [2.45, 2.75) is 26.7 Å². The van der Waals surface area contributed by atoms with Crippen LogP contribution in [0.5, 0.6) is 5.75 Å². The first kappa shape index (κ1) is 27.2. The van der Waals surface area contributed by atoms with Gasteiger partial charge in [-0.05, 0) is 37.5 Å². The average Bonchev–Trinajstić information content (AvgIpc) is 2.61. The highest BCUT2D eigenvalue weighted by molar-refractivity contribution is 14.0. The zero-order chi connectivity index (χ0) is 20.3. The van der Waals surface area contributed by atoms with Gasteiger partial charge in [0.2, 0.25) is 10.0 Å². The number of nitrogens with one attached hydrogen (secondary N) is 2. The molecule has 0 amide bonds. The number of hydrogen-bond donors (Lipinski definition) is 2. The van der Waals surface area contributed by atoms with E-state index in [0.29, 0.717) is 43.6 Å². The van der Waals surface area contributed by atoms with Gasteiger partial charge in [-0.15, -0.1) is 24.0 Å². The lowest BCUT2D eigenvalue weighted by molar-refractivity contribution is 0.414. The Morgan fingerprint density at radius 3 is 2.54 bits per heavy atom. The van der Waals surface area contributed by atoms with Crippen molar-refractivity contribution in [3.63, 3.8) is 0 Å². The SMILES string of the molecule is CCNC(=NCCCN(CC)S(C)(=O)=O)NCCc1ccc(OC)cc1Cl.I.